The summed E-state index contributed by atoms with van der Waals surface area (Å²) in [6.07, 6.45) is -0.152. The Balaban J connectivity index is 2.49. The molecule has 1 aromatic carbocycles. The smallest absolute Gasteiger partial charge is 0.354 e. The van der Waals surface area contributed by atoms with E-state index in [0.29, 0.717) is 6.07 Å². The molecule has 25 heavy (non-hydrogen) atoms. The lowest BCUT2D eigenvalue weighted by atomic mass is 9.63. The largest absolute Gasteiger partial charge is 0.377 e. The van der Waals surface area contributed by atoms with Crippen LogP contribution >= 0.6 is 0 Å². The molecule has 3 atom stereocenters. The first-order valence-electron chi connectivity index (χ1n) is 6.55. The Labute approximate surface area is 133 Å². The van der Waals surface area contributed by atoms with Crippen molar-refractivity contribution in [3.8, 4) is 0 Å². The van der Waals surface area contributed by atoms with Crippen LogP contribution < -0.4 is 0 Å². The summed E-state index contributed by atoms with van der Waals surface area (Å²) < 4.78 is 127. The van der Waals surface area contributed by atoms with Gasteiger partial charge >= 0.3 is 29.5 Å². The van der Waals surface area contributed by atoms with Crippen LogP contribution in [0.5, 0.6) is 0 Å². The van der Waals surface area contributed by atoms with Crippen molar-refractivity contribution in [3.05, 3.63) is 41.0 Å². The van der Waals surface area contributed by atoms with Crippen molar-refractivity contribution in [2.24, 2.45) is 0 Å². The first kappa shape index (κ1) is 18.1. The molecule has 138 valence electrons. The van der Waals surface area contributed by atoms with Crippen molar-refractivity contribution < 1.29 is 49.7 Å². The fraction of sp³-hybridized carbons (Fsp3) is 0.429. The minimum Gasteiger partial charge on any atom is -0.354 e. The average molecular weight is 378 g/mol. The van der Waals surface area contributed by atoms with Crippen LogP contribution in [0.3, 0.4) is 0 Å². The fourth-order valence-corrected chi connectivity index (χ4v) is 3.03. The molecule has 0 radical (unpaired) electrons. The maximum Gasteiger partial charge on any atom is 0.377 e. The van der Waals surface area contributed by atoms with Crippen molar-refractivity contribution in [3.63, 3.8) is 0 Å². The van der Waals surface area contributed by atoms with E-state index >= 15 is 0 Å². The molecule has 1 aromatic rings. The standard InChI is InChI=1S/C14H7F9O2/c15-9-8(5-6-3-1-2-4-7(6)10(9,16)17)11(18,24)12(19,20)13(21,22)14(9,23)25/h1-5,24-25H. The van der Waals surface area contributed by atoms with Gasteiger partial charge in [0.2, 0.25) is 0 Å². The van der Waals surface area contributed by atoms with Crippen molar-refractivity contribution in [1.29, 1.82) is 0 Å². The topological polar surface area (TPSA) is 40.5 Å². The van der Waals surface area contributed by atoms with E-state index in [1.165, 1.54) is 0 Å². The maximum atomic E-state index is 14.9. The highest BCUT2D eigenvalue weighted by molar-refractivity contribution is 5.69. The van der Waals surface area contributed by atoms with Crippen LogP contribution in [-0.2, 0) is 5.92 Å². The molecule has 0 spiro atoms. The van der Waals surface area contributed by atoms with E-state index in [0.717, 1.165) is 18.2 Å². The van der Waals surface area contributed by atoms with Gasteiger partial charge in [-0.2, -0.15) is 30.7 Å². The third kappa shape index (κ3) is 1.57. The minimum atomic E-state index is -6.73. The summed E-state index contributed by atoms with van der Waals surface area (Å²) in [5.74, 6) is -30.6. The summed E-state index contributed by atoms with van der Waals surface area (Å²) in [5.41, 5.74) is -10.7. The molecule has 2 aliphatic carbocycles. The highest BCUT2D eigenvalue weighted by atomic mass is 19.3. The molecule has 2 nitrogen and oxygen atoms in total. The van der Waals surface area contributed by atoms with Gasteiger partial charge in [-0.25, -0.2) is 8.78 Å². The molecule has 1 fully saturated rings. The molecule has 0 heterocycles. The molecule has 3 unspecified atom stereocenters. The Hall–Kier alpha value is -1.75. The number of aliphatic hydroxyl groups is 2. The van der Waals surface area contributed by atoms with Crippen LogP contribution in [-0.4, -0.2) is 39.4 Å². The van der Waals surface area contributed by atoms with Crippen LogP contribution in [0.1, 0.15) is 11.1 Å². The van der Waals surface area contributed by atoms with Gasteiger partial charge in [-0.15, -0.1) is 0 Å². The Morgan fingerprint density at radius 3 is 1.80 bits per heavy atom. The van der Waals surface area contributed by atoms with Gasteiger partial charge in [-0.05, 0) is 11.6 Å². The van der Waals surface area contributed by atoms with E-state index in [4.69, 9.17) is 5.11 Å². The molecule has 2 aliphatic rings. The summed E-state index contributed by atoms with van der Waals surface area (Å²) in [4.78, 5) is 0. The van der Waals surface area contributed by atoms with Gasteiger partial charge in [0.05, 0.1) is 5.57 Å². The predicted molar refractivity (Wildman–Crippen MR) is 64.2 cm³/mol. The van der Waals surface area contributed by atoms with E-state index in [1.54, 1.807) is 0 Å². The molecule has 11 heteroatoms. The van der Waals surface area contributed by atoms with Crippen LogP contribution in [0.4, 0.5) is 39.5 Å². The number of fused-ring (bicyclic) bond motifs is 2. The summed E-state index contributed by atoms with van der Waals surface area (Å²) in [6.45, 7) is 0. The van der Waals surface area contributed by atoms with Gasteiger partial charge < -0.3 is 10.2 Å². The van der Waals surface area contributed by atoms with E-state index in [2.05, 4.69) is 0 Å². The van der Waals surface area contributed by atoms with Crippen LogP contribution in [0, 0.1) is 0 Å². The lowest BCUT2D eigenvalue weighted by Gasteiger charge is -2.55. The second kappa shape index (κ2) is 4.32. The van der Waals surface area contributed by atoms with Crippen LogP contribution in [0.25, 0.3) is 6.08 Å². The van der Waals surface area contributed by atoms with E-state index in [1.807, 2.05) is 0 Å². The maximum absolute atomic E-state index is 14.9. The van der Waals surface area contributed by atoms with Gasteiger partial charge in [-0.1, -0.05) is 24.3 Å². The quantitative estimate of drug-likeness (QED) is 0.679. The van der Waals surface area contributed by atoms with E-state index in [-0.39, 0.29) is 6.08 Å². The Morgan fingerprint density at radius 1 is 0.720 bits per heavy atom. The first-order valence-corrected chi connectivity index (χ1v) is 6.55. The minimum absolute atomic E-state index is 0.152. The highest BCUT2D eigenvalue weighted by Gasteiger charge is 2.95. The Kier molecular flexibility index (Phi) is 3.12. The van der Waals surface area contributed by atoms with Gasteiger partial charge in [0.25, 0.3) is 5.67 Å². The number of alkyl halides is 9. The number of rotatable bonds is 0. The zero-order chi connectivity index (χ0) is 19.3. The lowest BCUT2D eigenvalue weighted by Crippen LogP contribution is -2.81. The van der Waals surface area contributed by atoms with Crippen LogP contribution in [0.15, 0.2) is 29.8 Å². The molecule has 0 saturated heterocycles. The summed E-state index contributed by atoms with van der Waals surface area (Å²) in [5, 5.41) is 18.3. The molecule has 3 rings (SSSR count). The zero-order valence-corrected chi connectivity index (χ0v) is 11.7. The third-order valence-corrected chi connectivity index (χ3v) is 4.44. The molecule has 2 N–H and O–H groups in total. The molecule has 0 bridgehead atoms. The number of halogens is 9. The lowest BCUT2D eigenvalue weighted by molar-refractivity contribution is -0.451. The second-order valence-electron chi connectivity index (χ2n) is 5.77. The van der Waals surface area contributed by atoms with Gasteiger partial charge in [-0.3, -0.25) is 0 Å². The average Bonchev–Trinajstić information content (AvgIpc) is 2.49. The van der Waals surface area contributed by atoms with Crippen molar-refractivity contribution in [2.45, 2.75) is 35.1 Å². The number of benzene rings is 1. The molecule has 0 aliphatic heterocycles. The first-order chi connectivity index (χ1) is 11.1. The fourth-order valence-electron chi connectivity index (χ4n) is 3.03. The molecule has 0 aromatic heterocycles. The van der Waals surface area contributed by atoms with E-state index in [9.17, 15) is 44.6 Å². The predicted octanol–water partition coefficient (Wildman–Crippen LogP) is 3.48. The van der Waals surface area contributed by atoms with Gasteiger partial charge in [0, 0.05) is 5.56 Å². The normalized spacial score (nSPS) is 40.7. The SMILES string of the molecule is OC1(F)C2=Cc3ccccc3C(F)(F)C2(F)C(O)(F)C(F)(F)C1(F)F. The van der Waals surface area contributed by atoms with Crippen LogP contribution in [0.2, 0.25) is 0 Å². The van der Waals surface area contributed by atoms with Gasteiger partial charge in [0.1, 0.15) is 0 Å². The van der Waals surface area contributed by atoms with Crippen molar-refractivity contribution in [2.75, 3.05) is 0 Å². The third-order valence-electron chi connectivity index (χ3n) is 4.44. The molecular weight excluding hydrogens is 371 g/mol. The van der Waals surface area contributed by atoms with E-state index < -0.39 is 51.8 Å². The van der Waals surface area contributed by atoms with Gasteiger partial charge in [0.15, 0.2) is 0 Å². The summed E-state index contributed by atoms with van der Waals surface area (Å²) in [7, 11) is 0. The number of hydrogen-bond acceptors (Lipinski definition) is 2. The molecule has 0 amide bonds. The molecular formula is C14H7F9O2. The van der Waals surface area contributed by atoms with Crippen molar-refractivity contribution in [1.82, 2.24) is 0 Å². The number of hydrogen-bond donors (Lipinski definition) is 2. The highest BCUT2D eigenvalue weighted by Crippen LogP contribution is 2.70. The summed E-state index contributed by atoms with van der Waals surface area (Å²) in [6, 6.07) is 3.09. The summed E-state index contributed by atoms with van der Waals surface area (Å²) >= 11 is 0. The Morgan fingerprint density at radius 2 is 1.24 bits per heavy atom. The monoisotopic (exact) mass is 378 g/mol. The Bertz CT molecular complexity index is 784. The molecule has 1 saturated carbocycles. The zero-order valence-electron chi connectivity index (χ0n) is 11.7. The van der Waals surface area contributed by atoms with Crippen molar-refractivity contribution >= 4 is 6.08 Å². The second-order valence-corrected chi connectivity index (χ2v) is 5.77.